The van der Waals surface area contributed by atoms with Crippen LogP contribution in [0.4, 0.5) is 0 Å². The minimum atomic E-state index is -0.538. The van der Waals surface area contributed by atoms with Crippen LogP contribution in [0.3, 0.4) is 0 Å². The van der Waals surface area contributed by atoms with Crippen molar-refractivity contribution in [1.82, 2.24) is 4.90 Å². The van der Waals surface area contributed by atoms with Crippen LogP contribution in [-0.2, 0) is 4.79 Å². The van der Waals surface area contributed by atoms with E-state index in [1.165, 1.54) is 0 Å². The van der Waals surface area contributed by atoms with E-state index in [1.54, 1.807) is 11.0 Å². The lowest BCUT2D eigenvalue weighted by Gasteiger charge is -2.47. The Hall–Kier alpha value is -0.830. The Bertz CT molecular complexity index is 252. The van der Waals surface area contributed by atoms with Gasteiger partial charge in [-0.15, -0.1) is 6.58 Å². The number of rotatable bonds is 4. The highest BCUT2D eigenvalue weighted by molar-refractivity contribution is 5.77. The van der Waals surface area contributed by atoms with Crippen molar-refractivity contribution >= 4 is 5.91 Å². The second-order valence-electron chi connectivity index (χ2n) is 4.46. The molecular formula is C11H17NO2. The zero-order valence-corrected chi connectivity index (χ0v) is 8.41. The van der Waals surface area contributed by atoms with Gasteiger partial charge < -0.3 is 10.0 Å². The van der Waals surface area contributed by atoms with Crippen LogP contribution in [0.1, 0.15) is 25.7 Å². The van der Waals surface area contributed by atoms with Crippen molar-refractivity contribution in [3.8, 4) is 0 Å². The fourth-order valence-corrected chi connectivity index (χ4v) is 2.05. The molecule has 0 aromatic carbocycles. The number of likely N-dealkylation sites (tertiary alicyclic amines) is 1. The van der Waals surface area contributed by atoms with Gasteiger partial charge in [-0.25, -0.2) is 0 Å². The summed E-state index contributed by atoms with van der Waals surface area (Å²) in [5.41, 5.74) is -0.538. The van der Waals surface area contributed by atoms with Gasteiger partial charge >= 0.3 is 0 Å². The van der Waals surface area contributed by atoms with Crippen molar-refractivity contribution in [1.29, 1.82) is 0 Å². The molecule has 1 amide bonds. The largest absolute Gasteiger partial charge is 0.386 e. The van der Waals surface area contributed by atoms with Crippen LogP contribution in [-0.4, -0.2) is 34.6 Å². The summed E-state index contributed by atoms with van der Waals surface area (Å²) in [4.78, 5) is 13.2. The van der Waals surface area contributed by atoms with E-state index in [9.17, 15) is 9.90 Å². The molecule has 3 nitrogen and oxygen atoms in total. The highest BCUT2D eigenvalue weighted by atomic mass is 16.3. The number of carbonyl (C=O) groups is 1. The van der Waals surface area contributed by atoms with Gasteiger partial charge in [0.15, 0.2) is 0 Å². The molecule has 78 valence electrons. The molecule has 0 radical (unpaired) electrons. The van der Waals surface area contributed by atoms with Crippen LogP contribution in [0.15, 0.2) is 12.7 Å². The predicted octanol–water partition coefficient (Wildman–Crippen LogP) is 0.936. The third-order valence-corrected chi connectivity index (χ3v) is 3.18. The topological polar surface area (TPSA) is 40.5 Å². The van der Waals surface area contributed by atoms with Crippen LogP contribution >= 0.6 is 0 Å². The van der Waals surface area contributed by atoms with Crippen LogP contribution in [0.25, 0.3) is 0 Å². The normalized spacial score (nSPS) is 24.2. The fraction of sp³-hybridized carbons (Fsp3) is 0.727. The Morgan fingerprint density at radius 3 is 2.71 bits per heavy atom. The van der Waals surface area contributed by atoms with Gasteiger partial charge in [0.1, 0.15) is 5.60 Å². The van der Waals surface area contributed by atoms with E-state index in [2.05, 4.69) is 6.58 Å². The van der Waals surface area contributed by atoms with Crippen LogP contribution in [0.5, 0.6) is 0 Å². The summed E-state index contributed by atoms with van der Waals surface area (Å²) >= 11 is 0. The molecule has 1 aliphatic heterocycles. The molecule has 1 heterocycles. The first kappa shape index (κ1) is 9.71. The molecule has 2 aliphatic rings. The summed E-state index contributed by atoms with van der Waals surface area (Å²) in [6.07, 6.45) is 5.28. The average molecular weight is 195 g/mol. The van der Waals surface area contributed by atoms with E-state index in [0.717, 1.165) is 19.3 Å². The monoisotopic (exact) mass is 195 g/mol. The van der Waals surface area contributed by atoms with Crippen molar-refractivity contribution in [2.75, 3.05) is 13.1 Å². The Labute approximate surface area is 84.4 Å². The Balaban J connectivity index is 1.75. The van der Waals surface area contributed by atoms with Crippen molar-refractivity contribution in [2.45, 2.75) is 31.3 Å². The van der Waals surface area contributed by atoms with Gasteiger partial charge in [-0.2, -0.15) is 0 Å². The van der Waals surface area contributed by atoms with E-state index in [4.69, 9.17) is 0 Å². The predicted molar refractivity (Wildman–Crippen MR) is 53.7 cm³/mol. The molecule has 0 unspecified atom stereocenters. The van der Waals surface area contributed by atoms with E-state index in [-0.39, 0.29) is 5.91 Å². The zero-order valence-electron chi connectivity index (χ0n) is 8.41. The summed E-state index contributed by atoms with van der Waals surface area (Å²) < 4.78 is 0. The number of hydrogen-bond donors (Lipinski definition) is 1. The minimum Gasteiger partial charge on any atom is -0.386 e. The zero-order chi connectivity index (χ0) is 10.2. The second-order valence-corrected chi connectivity index (χ2v) is 4.46. The standard InChI is InChI=1S/C11H17NO2/c1-2-3-4-10(13)12-7-11(14,8-12)9-5-6-9/h2,9,14H,1,3-8H2. The third-order valence-electron chi connectivity index (χ3n) is 3.18. The second kappa shape index (κ2) is 3.39. The van der Waals surface area contributed by atoms with E-state index in [0.29, 0.717) is 25.4 Å². The Kier molecular flexibility index (Phi) is 2.35. The molecule has 0 atom stereocenters. The third kappa shape index (κ3) is 1.69. The number of carbonyl (C=O) groups excluding carboxylic acids is 1. The van der Waals surface area contributed by atoms with Gasteiger partial charge in [-0.3, -0.25) is 4.79 Å². The highest BCUT2D eigenvalue weighted by Crippen LogP contribution is 2.44. The lowest BCUT2D eigenvalue weighted by molar-refractivity contribution is -0.159. The van der Waals surface area contributed by atoms with Crippen LogP contribution in [0, 0.1) is 5.92 Å². The number of β-amino-alcohol motifs (C(OH)–C–C–N with tert-alkyl or cyclic N) is 1. The summed E-state index contributed by atoms with van der Waals surface area (Å²) in [5.74, 6) is 0.612. The van der Waals surface area contributed by atoms with Crippen molar-refractivity contribution in [3.05, 3.63) is 12.7 Å². The molecule has 1 saturated carbocycles. The molecule has 2 fully saturated rings. The lowest BCUT2D eigenvalue weighted by atomic mass is 9.88. The van der Waals surface area contributed by atoms with E-state index in [1.807, 2.05) is 0 Å². The average Bonchev–Trinajstić information content (AvgIpc) is 2.92. The summed E-state index contributed by atoms with van der Waals surface area (Å²) in [6, 6.07) is 0. The lowest BCUT2D eigenvalue weighted by Crippen LogP contribution is -2.64. The maximum Gasteiger partial charge on any atom is 0.223 e. The van der Waals surface area contributed by atoms with Crippen LogP contribution < -0.4 is 0 Å². The summed E-state index contributed by atoms with van der Waals surface area (Å²) in [5, 5.41) is 9.98. The first-order chi connectivity index (χ1) is 6.65. The SMILES string of the molecule is C=CCCC(=O)N1CC(O)(C2CC2)C1. The van der Waals surface area contributed by atoms with Gasteiger partial charge in [0.05, 0.1) is 13.1 Å². The molecule has 0 aromatic heterocycles. The molecule has 0 aromatic rings. The van der Waals surface area contributed by atoms with Crippen molar-refractivity contribution in [2.24, 2.45) is 5.92 Å². The molecule has 0 bridgehead atoms. The molecule has 1 aliphatic carbocycles. The van der Waals surface area contributed by atoms with Crippen molar-refractivity contribution in [3.63, 3.8) is 0 Å². The molecule has 1 saturated heterocycles. The first-order valence-electron chi connectivity index (χ1n) is 5.27. The summed E-state index contributed by atoms with van der Waals surface area (Å²) in [7, 11) is 0. The van der Waals surface area contributed by atoms with E-state index < -0.39 is 5.60 Å². The molecule has 2 rings (SSSR count). The van der Waals surface area contributed by atoms with Crippen LogP contribution in [0.2, 0.25) is 0 Å². The molecule has 0 spiro atoms. The maximum absolute atomic E-state index is 11.5. The quantitative estimate of drug-likeness (QED) is 0.678. The number of hydrogen-bond acceptors (Lipinski definition) is 2. The van der Waals surface area contributed by atoms with Gasteiger partial charge in [0.25, 0.3) is 0 Å². The highest BCUT2D eigenvalue weighted by Gasteiger charge is 2.52. The van der Waals surface area contributed by atoms with E-state index >= 15 is 0 Å². The molecule has 14 heavy (non-hydrogen) atoms. The Morgan fingerprint density at radius 2 is 2.21 bits per heavy atom. The minimum absolute atomic E-state index is 0.148. The Morgan fingerprint density at radius 1 is 1.57 bits per heavy atom. The van der Waals surface area contributed by atoms with Crippen molar-refractivity contribution < 1.29 is 9.90 Å². The summed E-state index contributed by atoms with van der Waals surface area (Å²) in [6.45, 7) is 4.68. The number of amides is 1. The molecule has 1 N–H and O–H groups in total. The van der Waals surface area contributed by atoms with Gasteiger partial charge in [0, 0.05) is 6.42 Å². The van der Waals surface area contributed by atoms with Gasteiger partial charge in [0.2, 0.25) is 5.91 Å². The smallest absolute Gasteiger partial charge is 0.223 e. The molecular weight excluding hydrogens is 178 g/mol. The first-order valence-corrected chi connectivity index (χ1v) is 5.27. The molecule has 3 heteroatoms. The number of aliphatic hydroxyl groups is 1. The van der Waals surface area contributed by atoms with Gasteiger partial charge in [-0.1, -0.05) is 6.08 Å². The fourth-order valence-electron chi connectivity index (χ4n) is 2.05. The number of nitrogens with zero attached hydrogens (tertiary/aromatic N) is 1. The van der Waals surface area contributed by atoms with Gasteiger partial charge in [-0.05, 0) is 25.2 Å². The number of allylic oxidation sites excluding steroid dienone is 1. The maximum atomic E-state index is 11.5.